The van der Waals surface area contributed by atoms with E-state index in [1.165, 1.54) is 25.9 Å². The normalized spacial score (nSPS) is 21.9. The highest BCUT2D eigenvalue weighted by molar-refractivity contribution is 7.80. The molecule has 0 aromatic heterocycles. The molecule has 1 fully saturated rings. The van der Waals surface area contributed by atoms with Gasteiger partial charge in [0.2, 0.25) is 0 Å². The standard InChI is InChI=1S/C11H23N3S/c1-9(11(12)15)14(3)8-10-4-6-13(2)7-5-10/h9-10H,4-8H2,1-3H3,(H2,12,15). The minimum atomic E-state index is 0.222. The lowest BCUT2D eigenvalue weighted by atomic mass is 9.96. The molecule has 0 amide bonds. The Balaban J connectivity index is 2.32. The van der Waals surface area contributed by atoms with E-state index in [4.69, 9.17) is 18.0 Å². The first kappa shape index (κ1) is 12.9. The van der Waals surface area contributed by atoms with Gasteiger partial charge >= 0.3 is 0 Å². The molecule has 1 heterocycles. The number of nitrogens with two attached hydrogens (primary N) is 1. The van der Waals surface area contributed by atoms with Gasteiger partial charge in [0.05, 0.1) is 11.0 Å². The molecule has 1 atom stereocenters. The summed E-state index contributed by atoms with van der Waals surface area (Å²) < 4.78 is 0. The Morgan fingerprint density at radius 3 is 2.53 bits per heavy atom. The van der Waals surface area contributed by atoms with E-state index < -0.39 is 0 Å². The van der Waals surface area contributed by atoms with Crippen molar-refractivity contribution in [1.82, 2.24) is 9.80 Å². The Bertz CT molecular complexity index is 212. The second kappa shape index (κ2) is 5.77. The quantitative estimate of drug-likeness (QED) is 0.727. The molecule has 1 aliphatic heterocycles. The summed E-state index contributed by atoms with van der Waals surface area (Å²) in [5.41, 5.74) is 5.65. The van der Waals surface area contributed by atoms with E-state index in [1.807, 2.05) is 0 Å². The number of hydrogen-bond acceptors (Lipinski definition) is 3. The van der Waals surface area contributed by atoms with E-state index in [9.17, 15) is 0 Å². The molecule has 0 bridgehead atoms. The summed E-state index contributed by atoms with van der Waals surface area (Å²) in [5.74, 6) is 0.808. The Morgan fingerprint density at radius 1 is 1.53 bits per heavy atom. The van der Waals surface area contributed by atoms with Gasteiger partial charge in [-0.2, -0.15) is 0 Å². The van der Waals surface area contributed by atoms with Crippen molar-refractivity contribution in [3.63, 3.8) is 0 Å². The lowest BCUT2D eigenvalue weighted by molar-refractivity contribution is 0.170. The van der Waals surface area contributed by atoms with Gasteiger partial charge in [-0.15, -0.1) is 0 Å². The summed E-state index contributed by atoms with van der Waals surface area (Å²) >= 11 is 5.01. The highest BCUT2D eigenvalue weighted by Crippen LogP contribution is 2.17. The largest absolute Gasteiger partial charge is 0.392 e. The average Bonchev–Trinajstić information content (AvgIpc) is 2.20. The van der Waals surface area contributed by atoms with E-state index in [-0.39, 0.29) is 6.04 Å². The number of rotatable bonds is 4. The van der Waals surface area contributed by atoms with Crippen molar-refractivity contribution in [1.29, 1.82) is 0 Å². The highest BCUT2D eigenvalue weighted by Gasteiger charge is 2.20. The molecule has 0 aliphatic carbocycles. The van der Waals surface area contributed by atoms with Gasteiger partial charge < -0.3 is 10.6 Å². The molecule has 0 saturated carbocycles. The highest BCUT2D eigenvalue weighted by atomic mass is 32.1. The monoisotopic (exact) mass is 229 g/mol. The molecular formula is C11H23N3S. The van der Waals surface area contributed by atoms with Crippen molar-refractivity contribution in [2.45, 2.75) is 25.8 Å². The van der Waals surface area contributed by atoms with Gasteiger partial charge in [0, 0.05) is 6.54 Å². The van der Waals surface area contributed by atoms with Gasteiger partial charge in [-0.05, 0) is 52.9 Å². The number of likely N-dealkylation sites (tertiary alicyclic amines) is 1. The topological polar surface area (TPSA) is 32.5 Å². The van der Waals surface area contributed by atoms with Crippen LogP contribution in [-0.4, -0.2) is 54.6 Å². The van der Waals surface area contributed by atoms with Crippen molar-refractivity contribution in [2.24, 2.45) is 11.7 Å². The fraction of sp³-hybridized carbons (Fsp3) is 0.909. The summed E-state index contributed by atoms with van der Waals surface area (Å²) in [6.07, 6.45) is 2.59. The Morgan fingerprint density at radius 2 is 2.07 bits per heavy atom. The number of thiocarbonyl (C=S) groups is 1. The molecule has 2 N–H and O–H groups in total. The minimum Gasteiger partial charge on any atom is -0.392 e. The predicted octanol–water partition coefficient (Wildman–Crippen LogP) is 0.935. The number of likely N-dealkylation sites (N-methyl/N-ethyl adjacent to an activating group) is 1. The van der Waals surface area contributed by atoms with Crippen molar-refractivity contribution < 1.29 is 0 Å². The van der Waals surface area contributed by atoms with Crippen LogP contribution in [0.5, 0.6) is 0 Å². The summed E-state index contributed by atoms with van der Waals surface area (Å²) in [5, 5.41) is 0. The smallest absolute Gasteiger partial charge is 0.0899 e. The summed E-state index contributed by atoms with van der Waals surface area (Å²) in [6, 6.07) is 0.222. The zero-order chi connectivity index (χ0) is 11.4. The SMILES string of the molecule is CC(C(N)=S)N(C)CC1CCN(C)CC1. The first-order valence-electron chi connectivity index (χ1n) is 5.68. The Labute approximate surface area is 98.6 Å². The third-order valence-corrected chi connectivity index (χ3v) is 3.80. The van der Waals surface area contributed by atoms with Crippen LogP contribution in [-0.2, 0) is 0 Å². The van der Waals surface area contributed by atoms with Crippen molar-refractivity contribution in [3.05, 3.63) is 0 Å². The van der Waals surface area contributed by atoms with E-state index in [0.717, 1.165) is 12.5 Å². The Hall–Kier alpha value is -0.190. The summed E-state index contributed by atoms with van der Waals surface area (Å²) in [6.45, 7) is 5.64. The molecule has 4 heteroatoms. The maximum atomic E-state index is 5.65. The molecule has 88 valence electrons. The fourth-order valence-electron chi connectivity index (χ4n) is 2.03. The maximum absolute atomic E-state index is 5.65. The van der Waals surface area contributed by atoms with Crippen molar-refractivity contribution in [3.8, 4) is 0 Å². The van der Waals surface area contributed by atoms with Crippen molar-refractivity contribution >= 4 is 17.2 Å². The molecule has 1 saturated heterocycles. The molecule has 1 aliphatic rings. The molecule has 15 heavy (non-hydrogen) atoms. The molecule has 0 spiro atoms. The van der Waals surface area contributed by atoms with Gasteiger partial charge in [-0.25, -0.2) is 0 Å². The van der Waals surface area contributed by atoms with Crippen LogP contribution in [0.4, 0.5) is 0 Å². The number of hydrogen-bond donors (Lipinski definition) is 1. The van der Waals surface area contributed by atoms with Gasteiger partial charge in [0.15, 0.2) is 0 Å². The van der Waals surface area contributed by atoms with E-state index in [2.05, 4.69) is 30.8 Å². The van der Waals surface area contributed by atoms with Crippen LogP contribution in [0.3, 0.4) is 0 Å². The summed E-state index contributed by atoms with van der Waals surface area (Å²) in [4.78, 5) is 5.27. The van der Waals surface area contributed by atoms with Crippen LogP contribution in [0.25, 0.3) is 0 Å². The fourth-order valence-corrected chi connectivity index (χ4v) is 2.21. The van der Waals surface area contributed by atoms with Crippen LogP contribution >= 0.6 is 12.2 Å². The third-order valence-electron chi connectivity index (χ3n) is 3.46. The molecule has 1 unspecified atom stereocenters. The van der Waals surface area contributed by atoms with Crippen LogP contribution in [0.2, 0.25) is 0 Å². The van der Waals surface area contributed by atoms with Gasteiger partial charge in [-0.1, -0.05) is 12.2 Å². The third kappa shape index (κ3) is 4.05. The number of nitrogens with zero attached hydrogens (tertiary/aromatic N) is 2. The van der Waals surface area contributed by atoms with Crippen LogP contribution in [0.1, 0.15) is 19.8 Å². The first-order valence-corrected chi connectivity index (χ1v) is 6.09. The zero-order valence-corrected chi connectivity index (χ0v) is 10.9. The zero-order valence-electron chi connectivity index (χ0n) is 10.1. The second-order valence-corrected chi connectivity index (χ2v) is 5.24. The van der Waals surface area contributed by atoms with Crippen molar-refractivity contribution in [2.75, 3.05) is 33.7 Å². The first-order chi connectivity index (χ1) is 7.00. The van der Waals surface area contributed by atoms with Crippen LogP contribution < -0.4 is 5.73 Å². The van der Waals surface area contributed by atoms with Crippen LogP contribution in [0, 0.1) is 5.92 Å². The second-order valence-electron chi connectivity index (χ2n) is 4.76. The molecular weight excluding hydrogens is 206 g/mol. The Kier molecular flexibility index (Phi) is 4.96. The lowest BCUT2D eigenvalue weighted by Gasteiger charge is -2.33. The van der Waals surface area contributed by atoms with E-state index >= 15 is 0 Å². The van der Waals surface area contributed by atoms with E-state index in [0.29, 0.717) is 4.99 Å². The van der Waals surface area contributed by atoms with Gasteiger partial charge in [0.25, 0.3) is 0 Å². The lowest BCUT2D eigenvalue weighted by Crippen LogP contribution is -2.43. The molecule has 3 nitrogen and oxygen atoms in total. The molecule has 0 aromatic carbocycles. The predicted molar refractivity (Wildman–Crippen MR) is 69.1 cm³/mol. The number of piperidine rings is 1. The molecule has 0 aromatic rings. The van der Waals surface area contributed by atoms with Crippen LogP contribution in [0.15, 0.2) is 0 Å². The van der Waals surface area contributed by atoms with Gasteiger partial charge in [0.1, 0.15) is 0 Å². The molecule has 1 rings (SSSR count). The summed E-state index contributed by atoms with van der Waals surface area (Å²) in [7, 11) is 4.31. The van der Waals surface area contributed by atoms with E-state index in [1.54, 1.807) is 0 Å². The minimum absolute atomic E-state index is 0.222. The maximum Gasteiger partial charge on any atom is 0.0899 e. The average molecular weight is 229 g/mol. The van der Waals surface area contributed by atoms with Gasteiger partial charge in [-0.3, -0.25) is 4.90 Å². The molecule has 0 radical (unpaired) electrons.